The van der Waals surface area contributed by atoms with Crippen LogP contribution in [-0.2, 0) is 0 Å². The fourth-order valence-corrected chi connectivity index (χ4v) is 1.86. The molecule has 23 heavy (non-hydrogen) atoms. The number of aromatic nitrogens is 1. The number of rotatable bonds is 5. The first-order valence-electron chi connectivity index (χ1n) is 7.18. The maximum absolute atomic E-state index is 12.2. The first kappa shape index (κ1) is 16.2. The molecule has 2 aromatic rings. The molecule has 1 aromatic heterocycles. The van der Waals surface area contributed by atoms with Crippen molar-refractivity contribution in [3.05, 3.63) is 59.4 Å². The summed E-state index contributed by atoms with van der Waals surface area (Å²) in [5, 5.41) is 14.2. The first-order valence-corrected chi connectivity index (χ1v) is 7.18. The second-order valence-corrected chi connectivity index (χ2v) is 4.86. The van der Waals surface area contributed by atoms with Crippen LogP contribution >= 0.6 is 0 Å². The van der Waals surface area contributed by atoms with E-state index in [1.54, 1.807) is 24.3 Å². The summed E-state index contributed by atoms with van der Waals surface area (Å²) in [5.41, 5.74) is 1.71. The average molecular weight is 308 g/mol. The van der Waals surface area contributed by atoms with Crippen molar-refractivity contribution < 1.29 is 9.59 Å². The van der Waals surface area contributed by atoms with Crippen LogP contribution in [0.15, 0.2) is 42.7 Å². The van der Waals surface area contributed by atoms with Crippen molar-refractivity contribution in [2.45, 2.75) is 13.3 Å². The molecule has 0 bridgehead atoms. The highest BCUT2D eigenvalue weighted by Gasteiger charge is 2.11. The van der Waals surface area contributed by atoms with Gasteiger partial charge in [0.05, 0.1) is 22.8 Å². The fourth-order valence-electron chi connectivity index (χ4n) is 1.86. The van der Waals surface area contributed by atoms with E-state index in [0.717, 1.165) is 6.42 Å². The second-order valence-electron chi connectivity index (χ2n) is 4.86. The predicted octanol–water partition coefficient (Wildman–Crippen LogP) is 2.35. The van der Waals surface area contributed by atoms with Crippen molar-refractivity contribution in [2.75, 3.05) is 11.9 Å². The highest BCUT2D eigenvalue weighted by Crippen LogP contribution is 2.11. The zero-order chi connectivity index (χ0) is 16.7. The van der Waals surface area contributed by atoms with Crippen LogP contribution in [0.25, 0.3) is 0 Å². The van der Waals surface area contributed by atoms with Gasteiger partial charge in [0, 0.05) is 24.6 Å². The molecule has 6 heteroatoms. The number of hydrogen-bond acceptors (Lipinski definition) is 4. The maximum atomic E-state index is 12.2. The van der Waals surface area contributed by atoms with E-state index in [2.05, 4.69) is 15.6 Å². The smallest absolute Gasteiger partial charge is 0.257 e. The third-order valence-electron chi connectivity index (χ3n) is 3.07. The topological polar surface area (TPSA) is 94.9 Å². The van der Waals surface area contributed by atoms with Crippen molar-refractivity contribution in [3.8, 4) is 6.07 Å². The van der Waals surface area contributed by atoms with Crippen molar-refractivity contribution in [3.63, 3.8) is 0 Å². The Hall–Kier alpha value is -3.20. The lowest BCUT2D eigenvalue weighted by atomic mass is 10.1. The molecule has 116 valence electrons. The molecule has 1 heterocycles. The zero-order valence-corrected chi connectivity index (χ0v) is 12.7. The molecule has 0 spiro atoms. The lowest BCUT2D eigenvalue weighted by molar-refractivity contribution is 0.0953. The third kappa shape index (κ3) is 4.38. The number of nitrogens with one attached hydrogen (secondary N) is 2. The number of nitriles is 1. The number of hydrogen-bond donors (Lipinski definition) is 2. The largest absolute Gasteiger partial charge is 0.352 e. The number of nitrogens with zero attached hydrogens (tertiary/aromatic N) is 2. The van der Waals surface area contributed by atoms with Gasteiger partial charge in [-0.3, -0.25) is 14.6 Å². The predicted molar refractivity (Wildman–Crippen MR) is 86.0 cm³/mol. The molecule has 0 saturated heterocycles. The van der Waals surface area contributed by atoms with E-state index in [-0.39, 0.29) is 11.8 Å². The first-order chi connectivity index (χ1) is 11.1. The molecule has 0 aliphatic heterocycles. The standard InChI is InChI=1S/C17H16N4O2/c1-2-7-20-16(22)13-8-14(11-19-10-13)17(23)21-15-5-3-12(9-18)4-6-15/h3-6,8,10-11H,2,7H2,1H3,(H,20,22)(H,21,23). The molecule has 2 amide bonds. The molecule has 0 radical (unpaired) electrons. The van der Waals surface area contributed by atoms with Gasteiger partial charge >= 0.3 is 0 Å². The van der Waals surface area contributed by atoms with E-state index >= 15 is 0 Å². The zero-order valence-electron chi connectivity index (χ0n) is 12.7. The highest BCUT2D eigenvalue weighted by molar-refractivity contribution is 6.05. The van der Waals surface area contributed by atoms with E-state index in [1.165, 1.54) is 18.5 Å². The van der Waals surface area contributed by atoms with Gasteiger partial charge < -0.3 is 10.6 Å². The van der Waals surface area contributed by atoms with Crippen LogP contribution in [0.5, 0.6) is 0 Å². The van der Waals surface area contributed by atoms with Crippen LogP contribution in [0.2, 0.25) is 0 Å². The molecule has 0 aliphatic rings. The molecule has 0 atom stereocenters. The summed E-state index contributed by atoms with van der Waals surface area (Å²) in [5.74, 6) is -0.625. The summed E-state index contributed by atoms with van der Waals surface area (Å²) < 4.78 is 0. The molecule has 0 unspecified atom stereocenters. The minimum absolute atomic E-state index is 0.257. The lowest BCUT2D eigenvalue weighted by Gasteiger charge is -2.07. The summed E-state index contributed by atoms with van der Waals surface area (Å²) in [6.07, 6.45) is 3.65. The minimum atomic E-state index is -0.368. The van der Waals surface area contributed by atoms with Gasteiger partial charge in [0.2, 0.25) is 0 Å². The summed E-state index contributed by atoms with van der Waals surface area (Å²) in [6, 6.07) is 10.0. The van der Waals surface area contributed by atoms with Crippen molar-refractivity contribution >= 4 is 17.5 Å². The van der Waals surface area contributed by atoms with Gasteiger partial charge in [-0.1, -0.05) is 6.92 Å². The van der Waals surface area contributed by atoms with E-state index in [9.17, 15) is 9.59 Å². The van der Waals surface area contributed by atoms with Gasteiger partial charge in [-0.05, 0) is 36.8 Å². The molecular formula is C17H16N4O2. The number of carbonyl (C=O) groups excluding carboxylic acids is 2. The Bertz CT molecular complexity index is 748. The Morgan fingerprint density at radius 2 is 1.78 bits per heavy atom. The molecular weight excluding hydrogens is 292 g/mol. The quantitative estimate of drug-likeness (QED) is 0.886. The van der Waals surface area contributed by atoms with Gasteiger partial charge in [-0.2, -0.15) is 5.26 Å². The van der Waals surface area contributed by atoms with Crippen LogP contribution < -0.4 is 10.6 Å². The Morgan fingerprint density at radius 1 is 1.13 bits per heavy atom. The number of anilines is 1. The summed E-state index contributed by atoms with van der Waals surface area (Å²) in [7, 11) is 0. The lowest BCUT2D eigenvalue weighted by Crippen LogP contribution is -2.24. The fraction of sp³-hybridized carbons (Fsp3) is 0.176. The Kier molecular flexibility index (Phi) is 5.42. The van der Waals surface area contributed by atoms with Gasteiger partial charge in [-0.25, -0.2) is 0 Å². The number of carbonyl (C=O) groups is 2. The van der Waals surface area contributed by atoms with Crippen molar-refractivity contribution in [1.82, 2.24) is 10.3 Å². The Balaban J connectivity index is 2.10. The van der Waals surface area contributed by atoms with Crippen molar-refractivity contribution in [1.29, 1.82) is 5.26 Å². The molecule has 0 fully saturated rings. The Labute approximate surface area is 134 Å². The molecule has 0 aliphatic carbocycles. The molecule has 2 rings (SSSR count). The summed E-state index contributed by atoms with van der Waals surface area (Å²) in [4.78, 5) is 28.0. The van der Waals surface area contributed by atoms with E-state index < -0.39 is 0 Å². The number of benzene rings is 1. The molecule has 6 nitrogen and oxygen atoms in total. The number of pyridine rings is 1. The van der Waals surface area contributed by atoms with Gasteiger partial charge in [-0.15, -0.1) is 0 Å². The summed E-state index contributed by atoms with van der Waals surface area (Å²) in [6.45, 7) is 2.53. The second kappa shape index (κ2) is 7.71. The van der Waals surface area contributed by atoms with Crippen molar-refractivity contribution in [2.24, 2.45) is 0 Å². The van der Waals surface area contributed by atoms with Gasteiger partial charge in [0.1, 0.15) is 0 Å². The Morgan fingerprint density at radius 3 is 2.39 bits per heavy atom. The van der Waals surface area contributed by atoms with Crippen LogP contribution in [0.4, 0.5) is 5.69 Å². The van der Waals surface area contributed by atoms with Crippen LogP contribution in [-0.4, -0.2) is 23.3 Å². The molecule has 0 saturated carbocycles. The number of amides is 2. The normalized spacial score (nSPS) is 9.74. The monoisotopic (exact) mass is 308 g/mol. The van der Waals surface area contributed by atoms with Crippen LogP contribution in [0, 0.1) is 11.3 Å². The van der Waals surface area contributed by atoms with E-state index in [0.29, 0.717) is 28.9 Å². The SMILES string of the molecule is CCCNC(=O)c1cncc(C(=O)Nc2ccc(C#N)cc2)c1. The maximum Gasteiger partial charge on any atom is 0.257 e. The molecule has 1 aromatic carbocycles. The van der Waals surface area contributed by atoms with Gasteiger partial charge in [0.15, 0.2) is 0 Å². The third-order valence-corrected chi connectivity index (χ3v) is 3.07. The van der Waals surface area contributed by atoms with E-state index in [1.807, 2.05) is 13.0 Å². The highest BCUT2D eigenvalue weighted by atomic mass is 16.2. The van der Waals surface area contributed by atoms with Gasteiger partial charge in [0.25, 0.3) is 11.8 Å². The minimum Gasteiger partial charge on any atom is -0.352 e. The summed E-state index contributed by atoms with van der Waals surface area (Å²) >= 11 is 0. The average Bonchev–Trinajstić information content (AvgIpc) is 2.60. The van der Waals surface area contributed by atoms with E-state index in [4.69, 9.17) is 5.26 Å². The van der Waals surface area contributed by atoms with Crippen LogP contribution in [0.3, 0.4) is 0 Å². The van der Waals surface area contributed by atoms with Crippen LogP contribution in [0.1, 0.15) is 39.6 Å². The molecule has 2 N–H and O–H groups in total.